The van der Waals surface area contributed by atoms with Crippen molar-refractivity contribution < 1.29 is 14.3 Å². The number of hydrogen-bond donors (Lipinski definition) is 1. The summed E-state index contributed by atoms with van der Waals surface area (Å²) in [4.78, 5) is 31.5. The Morgan fingerprint density at radius 3 is 2.61 bits per heavy atom. The van der Waals surface area contributed by atoms with Crippen LogP contribution in [0, 0.1) is 0 Å². The molecule has 0 spiro atoms. The smallest absolute Gasteiger partial charge is 0.256 e. The van der Waals surface area contributed by atoms with Crippen molar-refractivity contribution in [1.82, 2.24) is 14.8 Å². The molecule has 4 heterocycles. The zero-order valence-corrected chi connectivity index (χ0v) is 20.9. The van der Waals surface area contributed by atoms with E-state index in [2.05, 4.69) is 15.1 Å². The molecule has 3 aliphatic heterocycles. The summed E-state index contributed by atoms with van der Waals surface area (Å²) >= 11 is 6.26. The molecule has 0 bridgehead atoms. The molecular weight excluding hydrogens is 480 g/mol. The van der Waals surface area contributed by atoms with Crippen LogP contribution in [0.15, 0.2) is 41.3 Å². The SMILES string of the molecule is O=C(NCCN1CCOCC1)c1cn2c3c(cc(N4CCCCC4)cc3c1=O)Oc1cc(Cl)ccc1-2. The number of carbonyl (C=O) groups excluding carboxylic acids is 1. The molecule has 2 saturated heterocycles. The zero-order chi connectivity index (χ0) is 24.6. The summed E-state index contributed by atoms with van der Waals surface area (Å²) in [5.41, 5.74) is 2.18. The fraction of sp³-hybridized carbons (Fsp3) is 0.407. The Balaban J connectivity index is 1.41. The Hall–Kier alpha value is -3.07. The number of benzene rings is 2. The van der Waals surface area contributed by atoms with Crippen molar-refractivity contribution >= 4 is 34.1 Å². The maximum absolute atomic E-state index is 13.7. The molecule has 1 amide bonds. The van der Waals surface area contributed by atoms with E-state index in [0.717, 1.165) is 56.9 Å². The van der Waals surface area contributed by atoms with Crippen LogP contribution in [0.5, 0.6) is 11.5 Å². The van der Waals surface area contributed by atoms with Crippen LogP contribution >= 0.6 is 11.6 Å². The van der Waals surface area contributed by atoms with E-state index >= 15 is 0 Å². The Morgan fingerprint density at radius 2 is 1.81 bits per heavy atom. The first-order valence-corrected chi connectivity index (χ1v) is 13.0. The van der Waals surface area contributed by atoms with Crippen LogP contribution in [0.3, 0.4) is 0 Å². The number of nitrogens with one attached hydrogen (secondary N) is 1. The van der Waals surface area contributed by atoms with Crippen molar-refractivity contribution in [3.63, 3.8) is 0 Å². The van der Waals surface area contributed by atoms with Gasteiger partial charge in [-0.2, -0.15) is 0 Å². The molecule has 0 unspecified atom stereocenters. The minimum absolute atomic E-state index is 0.119. The number of pyridine rings is 1. The average molecular weight is 509 g/mol. The van der Waals surface area contributed by atoms with Gasteiger partial charge in [0.1, 0.15) is 11.1 Å². The van der Waals surface area contributed by atoms with Crippen LogP contribution in [-0.4, -0.2) is 67.9 Å². The molecule has 3 aliphatic rings. The first kappa shape index (κ1) is 23.3. The largest absolute Gasteiger partial charge is 0.453 e. The van der Waals surface area contributed by atoms with Crippen LogP contribution in [0.2, 0.25) is 5.02 Å². The molecule has 9 heteroatoms. The Bertz CT molecular complexity index is 1380. The van der Waals surface area contributed by atoms with E-state index in [1.54, 1.807) is 18.3 Å². The number of amides is 1. The topological polar surface area (TPSA) is 76.0 Å². The van der Waals surface area contributed by atoms with Crippen LogP contribution < -0.4 is 20.4 Å². The van der Waals surface area contributed by atoms with E-state index in [1.807, 2.05) is 22.8 Å². The lowest BCUT2D eigenvalue weighted by Crippen LogP contribution is -2.42. The number of anilines is 1. The molecule has 0 aliphatic carbocycles. The second kappa shape index (κ2) is 9.76. The first-order valence-electron chi connectivity index (χ1n) is 12.6. The van der Waals surface area contributed by atoms with Crippen LogP contribution in [0.25, 0.3) is 16.6 Å². The number of aromatic nitrogens is 1. The highest BCUT2D eigenvalue weighted by molar-refractivity contribution is 6.30. The number of hydrogen-bond acceptors (Lipinski definition) is 6. The molecule has 188 valence electrons. The Morgan fingerprint density at radius 1 is 1.00 bits per heavy atom. The average Bonchev–Trinajstić information content (AvgIpc) is 2.90. The molecule has 36 heavy (non-hydrogen) atoms. The Labute approximate surface area is 214 Å². The standard InChI is InChI=1S/C27H29ClN4O4/c28-18-4-5-22-23(14-18)36-24-16-19(31-7-2-1-3-8-31)15-20-25(24)32(22)17-21(26(20)33)27(34)29-6-9-30-10-12-35-13-11-30/h4-5,14-17H,1-3,6-13H2,(H,29,34). The van der Waals surface area contributed by atoms with E-state index in [1.165, 1.54) is 6.42 Å². The lowest BCUT2D eigenvalue weighted by atomic mass is 10.0. The minimum atomic E-state index is -0.370. The summed E-state index contributed by atoms with van der Waals surface area (Å²) in [6.07, 6.45) is 5.07. The highest BCUT2D eigenvalue weighted by atomic mass is 35.5. The van der Waals surface area contributed by atoms with E-state index in [9.17, 15) is 9.59 Å². The van der Waals surface area contributed by atoms with Crippen molar-refractivity contribution in [2.45, 2.75) is 19.3 Å². The number of rotatable bonds is 5. The number of piperidine rings is 1. The van der Waals surface area contributed by atoms with E-state index in [-0.39, 0.29) is 16.9 Å². The van der Waals surface area contributed by atoms with Crippen LogP contribution in [0.1, 0.15) is 29.6 Å². The molecule has 0 saturated carbocycles. The molecule has 0 atom stereocenters. The van der Waals surface area contributed by atoms with Gasteiger partial charge in [0.2, 0.25) is 5.43 Å². The predicted octanol–water partition coefficient (Wildman–Crippen LogP) is 3.80. The van der Waals surface area contributed by atoms with Gasteiger partial charge in [0.15, 0.2) is 11.5 Å². The van der Waals surface area contributed by atoms with Gasteiger partial charge in [-0.25, -0.2) is 0 Å². The highest BCUT2D eigenvalue weighted by Crippen LogP contribution is 2.43. The second-order valence-corrected chi connectivity index (χ2v) is 9.99. The summed E-state index contributed by atoms with van der Waals surface area (Å²) in [7, 11) is 0. The first-order chi connectivity index (χ1) is 17.6. The van der Waals surface area contributed by atoms with Gasteiger partial charge in [0.25, 0.3) is 5.91 Å². The third-order valence-electron chi connectivity index (χ3n) is 7.23. The molecule has 6 rings (SSSR count). The highest BCUT2D eigenvalue weighted by Gasteiger charge is 2.26. The molecular formula is C27H29ClN4O4. The second-order valence-electron chi connectivity index (χ2n) is 9.55. The molecule has 2 fully saturated rings. The van der Waals surface area contributed by atoms with Crippen molar-refractivity contribution in [1.29, 1.82) is 0 Å². The van der Waals surface area contributed by atoms with E-state index in [0.29, 0.717) is 47.2 Å². The van der Waals surface area contributed by atoms with Gasteiger partial charge in [-0.05, 0) is 37.5 Å². The van der Waals surface area contributed by atoms with Gasteiger partial charge in [-0.15, -0.1) is 0 Å². The number of ether oxygens (including phenoxy) is 2. The fourth-order valence-electron chi connectivity index (χ4n) is 5.31. The maximum Gasteiger partial charge on any atom is 0.256 e. The van der Waals surface area contributed by atoms with Crippen molar-refractivity contribution in [3.05, 3.63) is 57.3 Å². The summed E-state index contributed by atoms with van der Waals surface area (Å²) in [6.45, 7) is 6.15. The van der Waals surface area contributed by atoms with Gasteiger partial charge in [-0.3, -0.25) is 14.5 Å². The summed E-state index contributed by atoms with van der Waals surface area (Å²) in [5.74, 6) is 0.819. The van der Waals surface area contributed by atoms with Gasteiger partial charge < -0.3 is 24.3 Å². The molecule has 2 aromatic carbocycles. The lowest BCUT2D eigenvalue weighted by molar-refractivity contribution is 0.0383. The Kier molecular flexibility index (Phi) is 6.33. The molecule has 1 N–H and O–H groups in total. The van der Waals surface area contributed by atoms with Gasteiger partial charge in [0.05, 0.1) is 24.3 Å². The number of halogens is 1. The zero-order valence-electron chi connectivity index (χ0n) is 20.1. The number of fused-ring (bicyclic) bond motifs is 2. The maximum atomic E-state index is 13.7. The van der Waals surface area contributed by atoms with Crippen LogP contribution in [-0.2, 0) is 4.74 Å². The lowest BCUT2D eigenvalue weighted by Gasteiger charge is -2.31. The van der Waals surface area contributed by atoms with Crippen molar-refractivity contribution in [3.8, 4) is 17.2 Å². The summed E-state index contributed by atoms with van der Waals surface area (Å²) in [6, 6.07) is 9.30. The van der Waals surface area contributed by atoms with E-state index < -0.39 is 0 Å². The molecule has 0 radical (unpaired) electrons. The van der Waals surface area contributed by atoms with Crippen molar-refractivity contribution in [2.24, 2.45) is 0 Å². The quantitative estimate of drug-likeness (QED) is 0.442. The molecule has 1 aromatic heterocycles. The van der Waals surface area contributed by atoms with Gasteiger partial charge in [-0.1, -0.05) is 11.6 Å². The van der Waals surface area contributed by atoms with Gasteiger partial charge in [0, 0.05) is 68.3 Å². The third kappa shape index (κ3) is 4.34. The normalized spacial score (nSPS) is 17.5. The molecule has 3 aromatic rings. The molecule has 8 nitrogen and oxygen atoms in total. The number of carbonyl (C=O) groups is 1. The number of morpholine rings is 1. The fourth-order valence-corrected chi connectivity index (χ4v) is 5.47. The van der Waals surface area contributed by atoms with Crippen molar-refractivity contribution in [2.75, 3.05) is 57.4 Å². The third-order valence-corrected chi connectivity index (χ3v) is 7.47. The summed E-state index contributed by atoms with van der Waals surface area (Å²) < 4.78 is 13.5. The number of nitrogens with zero attached hydrogens (tertiary/aromatic N) is 3. The van der Waals surface area contributed by atoms with Gasteiger partial charge >= 0.3 is 0 Å². The van der Waals surface area contributed by atoms with Crippen LogP contribution in [0.4, 0.5) is 5.69 Å². The van der Waals surface area contributed by atoms with E-state index in [4.69, 9.17) is 21.1 Å². The minimum Gasteiger partial charge on any atom is -0.453 e. The monoisotopic (exact) mass is 508 g/mol. The predicted molar refractivity (Wildman–Crippen MR) is 140 cm³/mol. The summed E-state index contributed by atoms with van der Waals surface area (Å²) in [5, 5.41) is 3.99.